The highest BCUT2D eigenvalue weighted by atomic mass is 19.1. The predicted octanol–water partition coefficient (Wildman–Crippen LogP) is 6.66. The number of aliphatic carboxylic acids is 1. The Morgan fingerprint density at radius 3 is 2.18 bits per heavy atom. The number of halogens is 1. The van der Waals surface area contributed by atoms with Crippen LogP contribution in [0.3, 0.4) is 0 Å². The van der Waals surface area contributed by atoms with Gasteiger partial charge in [-0.2, -0.15) is 4.98 Å². The lowest BCUT2D eigenvalue weighted by atomic mass is 9.78. The molecule has 0 radical (unpaired) electrons. The van der Waals surface area contributed by atoms with E-state index in [0.717, 1.165) is 22.3 Å². The Morgan fingerprint density at radius 1 is 0.844 bits per heavy atom. The number of likely N-dealkylation sites (tertiary alicyclic amines) is 1. The van der Waals surface area contributed by atoms with Gasteiger partial charge in [-0.25, -0.2) is 4.39 Å². The van der Waals surface area contributed by atoms with E-state index in [0.29, 0.717) is 43.0 Å². The summed E-state index contributed by atoms with van der Waals surface area (Å²) in [5.41, 5.74) is 3.04. The molecule has 5 aromatic rings. The monoisotopic (exact) mass is 605 g/mol. The van der Waals surface area contributed by atoms with Gasteiger partial charge in [-0.15, -0.1) is 0 Å². The van der Waals surface area contributed by atoms with Crippen LogP contribution in [0.25, 0.3) is 34.0 Å². The Labute approximate surface area is 260 Å². The van der Waals surface area contributed by atoms with Crippen LogP contribution in [0.1, 0.15) is 24.0 Å². The molecule has 4 aromatic carbocycles. The van der Waals surface area contributed by atoms with Crippen LogP contribution in [-0.2, 0) is 27.3 Å². The Hall–Kier alpha value is -5.15. The van der Waals surface area contributed by atoms with Gasteiger partial charge < -0.3 is 14.4 Å². The number of ether oxygens (including phenoxy) is 1. The van der Waals surface area contributed by atoms with E-state index in [1.165, 1.54) is 6.07 Å². The minimum atomic E-state index is -1.53. The summed E-state index contributed by atoms with van der Waals surface area (Å²) in [6, 6.07) is 31.5. The van der Waals surface area contributed by atoms with Crippen molar-refractivity contribution in [2.45, 2.75) is 25.8 Å². The van der Waals surface area contributed by atoms with Gasteiger partial charge in [-0.05, 0) is 41.7 Å². The zero-order chi connectivity index (χ0) is 31.2. The second-order valence-corrected chi connectivity index (χ2v) is 11.2. The number of carbonyl (C=O) groups excluding carboxylic acids is 1. The van der Waals surface area contributed by atoms with Gasteiger partial charge in [0, 0.05) is 42.7 Å². The average molecular weight is 606 g/mol. The first-order valence-corrected chi connectivity index (χ1v) is 14.9. The molecule has 0 unspecified atom stereocenters. The van der Waals surface area contributed by atoms with Crippen LogP contribution in [-0.4, -0.2) is 51.8 Å². The van der Waals surface area contributed by atoms with E-state index >= 15 is 0 Å². The molecule has 0 atom stereocenters. The number of carboxylic acids is 1. The third-order valence-electron chi connectivity index (χ3n) is 8.32. The Bertz CT molecular complexity index is 1770. The molecule has 1 saturated heterocycles. The molecular weight excluding hydrogens is 573 g/mol. The largest absolute Gasteiger partial charge is 0.480 e. The maximum atomic E-state index is 14.9. The van der Waals surface area contributed by atoms with E-state index in [1.807, 2.05) is 84.9 Å². The molecule has 1 fully saturated rings. The van der Waals surface area contributed by atoms with Crippen molar-refractivity contribution in [1.82, 2.24) is 15.0 Å². The van der Waals surface area contributed by atoms with E-state index in [9.17, 15) is 19.1 Å². The van der Waals surface area contributed by atoms with Gasteiger partial charge in [0.25, 0.3) is 5.89 Å². The standard InChI is InChI=1S/C36H32FN3O5/c37-31-23-29(15-16-30(31)27-9-5-2-6-10-27)33-38-32(39-45-33)28-13-11-26(12-14-28)24-40-20-18-36(19-21-40,34(41)42)35(43)44-22-17-25-7-3-1-4-8-25/h1-16,23H,17-22,24H2,(H,41,42). The lowest BCUT2D eigenvalue weighted by Crippen LogP contribution is -2.49. The van der Waals surface area contributed by atoms with Gasteiger partial charge in [-0.1, -0.05) is 96.2 Å². The van der Waals surface area contributed by atoms with Gasteiger partial charge in [-0.3, -0.25) is 14.5 Å². The molecule has 0 saturated carbocycles. The summed E-state index contributed by atoms with van der Waals surface area (Å²) in [6.07, 6.45) is 0.905. The number of piperidine rings is 1. The highest BCUT2D eigenvalue weighted by molar-refractivity contribution is 5.99. The van der Waals surface area contributed by atoms with Gasteiger partial charge in [0.1, 0.15) is 5.82 Å². The van der Waals surface area contributed by atoms with Gasteiger partial charge in [0.05, 0.1) is 6.61 Å². The summed E-state index contributed by atoms with van der Waals surface area (Å²) in [7, 11) is 0. The highest BCUT2D eigenvalue weighted by Crippen LogP contribution is 2.34. The smallest absolute Gasteiger partial charge is 0.323 e. The highest BCUT2D eigenvalue weighted by Gasteiger charge is 2.49. The summed E-state index contributed by atoms with van der Waals surface area (Å²) >= 11 is 0. The van der Waals surface area contributed by atoms with Crippen molar-refractivity contribution in [3.05, 3.63) is 120 Å². The molecule has 0 spiro atoms. The Kier molecular flexibility index (Phi) is 8.79. The van der Waals surface area contributed by atoms with Gasteiger partial charge in [0.2, 0.25) is 5.82 Å². The van der Waals surface area contributed by atoms with Crippen LogP contribution in [0.15, 0.2) is 108 Å². The number of rotatable bonds is 10. The van der Waals surface area contributed by atoms with E-state index in [2.05, 4.69) is 15.0 Å². The fourth-order valence-corrected chi connectivity index (χ4v) is 5.62. The number of carboxylic acid groups (broad SMARTS) is 1. The molecule has 2 heterocycles. The van der Waals surface area contributed by atoms with Gasteiger partial charge in [0.15, 0.2) is 5.41 Å². The summed E-state index contributed by atoms with van der Waals surface area (Å²) in [4.78, 5) is 31.7. The summed E-state index contributed by atoms with van der Waals surface area (Å²) < 4.78 is 25.8. The van der Waals surface area contributed by atoms with E-state index < -0.39 is 17.4 Å². The van der Waals surface area contributed by atoms with Crippen LogP contribution in [0.4, 0.5) is 4.39 Å². The molecule has 8 nitrogen and oxygen atoms in total. The van der Waals surface area contributed by atoms with Crippen LogP contribution < -0.4 is 0 Å². The molecular formula is C36H32FN3O5. The molecule has 0 amide bonds. The first kappa shape index (κ1) is 29.9. The van der Waals surface area contributed by atoms with Crippen molar-refractivity contribution in [1.29, 1.82) is 0 Å². The number of carbonyl (C=O) groups is 2. The quantitative estimate of drug-likeness (QED) is 0.139. The van der Waals surface area contributed by atoms with E-state index in [-0.39, 0.29) is 31.2 Å². The minimum Gasteiger partial charge on any atom is -0.480 e. The maximum absolute atomic E-state index is 14.9. The lowest BCUT2D eigenvalue weighted by Gasteiger charge is -2.37. The molecule has 6 rings (SSSR count). The molecule has 1 aliphatic rings. The molecule has 0 bridgehead atoms. The average Bonchev–Trinajstić information content (AvgIpc) is 3.57. The van der Waals surface area contributed by atoms with Crippen LogP contribution in [0.5, 0.6) is 0 Å². The lowest BCUT2D eigenvalue weighted by molar-refractivity contribution is -0.172. The summed E-state index contributed by atoms with van der Waals surface area (Å²) in [6.45, 7) is 1.65. The number of hydrogen-bond acceptors (Lipinski definition) is 7. The molecule has 1 aliphatic heterocycles. The SMILES string of the molecule is O=C(O)C1(C(=O)OCCc2ccccc2)CCN(Cc2ccc(-c3noc(-c4ccc(-c5ccccc5)c(F)c4)n3)cc2)CC1. The van der Waals surface area contributed by atoms with Crippen molar-refractivity contribution in [2.24, 2.45) is 5.41 Å². The molecule has 0 aliphatic carbocycles. The zero-order valence-corrected chi connectivity index (χ0v) is 24.6. The van der Waals surface area contributed by atoms with Crippen LogP contribution in [0, 0.1) is 11.2 Å². The van der Waals surface area contributed by atoms with Crippen molar-refractivity contribution in [2.75, 3.05) is 19.7 Å². The second kappa shape index (κ2) is 13.2. The van der Waals surface area contributed by atoms with E-state index in [4.69, 9.17) is 9.26 Å². The normalized spacial score (nSPS) is 14.6. The predicted molar refractivity (Wildman–Crippen MR) is 166 cm³/mol. The van der Waals surface area contributed by atoms with Crippen molar-refractivity contribution in [3.63, 3.8) is 0 Å². The van der Waals surface area contributed by atoms with Crippen molar-refractivity contribution >= 4 is 11.9 Å². The number of esters is 1. The summed E-state index contributed by atoms with van der Waals surface area (Å²) in [5.74, 6) is -1.56. The molecule has 1 N–H and O–H groups in total. The number of benzene rings is 4. The first-order valence-electron chi connectivity index (χ1n) is 14.9. The van der Waals surface area contributed by atoms with Crippen molar-refractivity contribution < 1.29 is 28.3 Å². The number of aromatic nitrogens is 2. The topological polar surface area (TPSA) is 106 Å². The number of nitrogens with zero attached hydrogens (tertiary/aromatic N) is 3. The Balaban J connectivity index is 1.04. The van der Waals surface area contributed by atoms with Gasteiger partial charge >= 0.3 is 11.9 Å². The van der Waals surface area contributed by atoms with E-state index in [1.54, 1.807) is 12.1 Å². The summed E-state index contributed by atoms with van der Waals surface area (Å²) in [5, 5.41) is 14.1. The minimum absolute atomic E-state index is 0.146. The van der Waals surface area contributed by atoms with Crippen LogP contribution in [0.2, 0.25) is 0 Å². The zero-order valence-electron chi connectivity index (χ0n) is 24.6. The maximum Gasteiger partial charge on any atom is 0.323 e. The number of hydrogen-bond donors (Lipinski definition) is 1. The third-order valence-corrected chi connectivity index (χ3v) is 8.32. The first-order chi connectivity index (χ1) is 21.9. The molecule has 45 heavy (non-hydrogen) atoms. The third kappa shape index (κ3) is 6.68. The molecule has 9 heteroatoms. The van der Waals surface area contributed by atoms with Crippen molar-refractivity contribution in [3.8, 4) is 34.0 Å². The Morgan fingerprint density at radius 2 is 1.51 bits per heavy atom. The molecule has 1 aromatic heterocycles. The molecule has 228 valence electrons. The fraction of sp³-hybridized carbons (Fsp3) is 0.222. The van der Waals surface area contributed by atoms with Crippen LogP contribution >= 0.6 is 0 Å². The fourth-order valence-electron chi connectivity index (χ4n) is 5.62. The second-order valence-electron chi connectivity index (χ2n) is 11.2.